The van der Waals surface area contributed by atoms with Crippen LogP contribution in [0.15, 0.2) is 12.3 Å². The summed E-state index contributed by atoms with van der Waals surface area (Å²) in [6, 6.07) is 1.50. The third-order valence-corrected chi connectivity index (χ3v) is 2.41. The van der Waals surface area contributed by atoms with Crippen LogP contribution in [0.2, 0.25) is 0 Å². The van der Waals surface area contributed by atoms with Crippen molar-refractivity contribution < 1.29 is 9.53 Å². The minimum absolute atomic E-state index is 0.275. The lowest BCUT2D eigenvalue weighted by Gasteiger charge is -2.23. The number of methoxy groups -OCH3 is 1. The van der Waals surface area contributed by atoms with Crippen LogP contribution in [0.5, 0.6) is 0 Å². The molecule has 1 amide bonds. The summed E-state index contributed by atoms with van der Waals surface area (Å²) in [5.74, 6) is -0.153. The van der Waals surface area contributed by atoms with Gasteiger partial charge in [-0.15, -0.1) is 0 Å². The maximum Gasteiger partial charge on any atom is 0.252 e. The quantitative estimate of drug-likeness (QED) is 0.697. The second kappa shape index (κ2) is 5.01. The summed E-state index contributed by atoms with van der Waals surface area (Å²) in [4.78, 5) is 15.3. The zero-order chi connectivity index (χ0) is 13.1. The van der Waals surface area contributed by atoms with Crippen molar-refractivity contribution in [1.29, 1.82) is 0 Å². The van der Waals surface area contributed by atoms with Crippen LogP contribution < -0.4 is 16.8 Å². The number of hydrogen-bond donors (Lipinski definition) is 3. The van der Waals surface area contributed by atoms with Gasteiger partial charge < -0.3 is 21.5 Å². The molecule has 0 bridgehead atoms. The molecule has 17 heavy (non-hydrogen) atoms. The van der Waals surface area contributed by atoms with Gasteiger partial charge in [0.05, 0.1) is 23.0 Å². The summed E-state index contributed by atoms with van der Waals surface area (Å²) in [6.07, 6.45) is 1.47. The Morgan fingerprint density at radius 3 is 2.76 bits per heavy atom. The number of nitrogen functional groups attached to an aromatic ring is 1. The molecule has 0 fully saturated rings. The van der Waals surface area contributed by atoms with Crippen LogP contribution in [0.25, 0.3) is 0 Å². The van der Waals surface area contributed by atoms with Crippen molar-refractivity contribution >= 4 is 17.4 Å². The van der Waals surface area contributed by atoms with Gasteiger partial charge in [-0.25, -0.2) is 4.98 Å². The lowest BCUT2D eigenvalue weighted by molar-refractivity contribution is 0.0343. The number of pyridine rings is 1. The van der Waals surface area contributed by atoms with Gasteiger partial charge in [0, 0.05) is 13.7 Å². The average molecular weight is 238 g/mol. The van der Waals surface area contributed by atoms with Crippen LogP contribution in [0.4, 0.5) is 11.5 Å². The van der Waals surface area contributed by atoms with Gasteiger partial charge in [0.1, 0.15) is 5.82 Å². The van der Waals surface area contributed by atoms with E-state index in [9.17, 15) is 4.79 Å². The van der Waals surface area contributed by atoms with E-state index in [4.69, 9.17) is 16.2 Å². The minimum atomic E-state index is -0.567. The molecule has 1 aromatic heterocycles. The molecular formula is C11H18N4O2. The zero-order valence-electron chi connectivity index (χ0n) is 10.3. The molecule has 1 heterocycles. The van der Waals surface area contributed by atoms with Crippen molar-refractivity contribution in [3.63, 3.8) is 0 Å². The molecule has 0 aromatic carbocycles. The third-order valence-electron chi connectivity index (χ3n) is 2.41. The molecule has 0 saturated carbocycles. The number of nitrogens with two attached hydrogens (primary N) is 2. The number of nitrogens with zero attached hydrogens (tertiary/aromatic N) is 1. The smallest absolute Gasteiger partial charge is 0.252 e. The first-order valence-corrected chi connectivity index (χ1v) is 5.20. The van der Waals surface area contributed by atoms with Crippen molar-refractivity contribution in [3.8, 4) is 0 Å². The molecule has 6 heteroatoms. The lowest BCUT2D eigenvalue weighted by Crippen LogP contribution is -2.33. The summed E-state index contributed by atoms with van der Waals surface area (Å²) in [5.41, 5.74) is 11.1. The lowest BCUT2D eigenvalue weighted by atomic mass is 10.1. The number of amides is 1. The van der Waals surface area contributed by atoms with E-state index in [0.29, 0.717) is 18.1 Å². The molecule has 0 saturated heterocycles. The summed E-state index contributed by atoms with van der Waals surface area (Å²) < 4.78 is 5.25. The molecule has 6 nitrogen and oxygen atoms in total. The highest BCUT2D eigenvalue weighted by Gasteiger charge is 2.18. The van der Waals surface area contributed by atoms with E-state index in [1.807, 2.05) is 13.8 Å². The fraction of sp³-hybridized carbons (Fsp3) is 0.455. The highest BCUT2D eigenvalue weighted by atomic mass is 16.5. The van der Waals surface area contributed by atoms with E-state index < -0.39 is 5.91 Å². The molecule has 0 aliphatic heterocycles. The molecule has 1 aromatic rings. The topological polar surface area (TPSA) is 103 Å². The molecule has 0 unspecified atom stereocenters. The highest BCUT2D eigenvalue weighted by molar-refractivity contribution is 5.98. The van der Waals surface area contributed by atoms with Crippen LogP contribution >= 0.6 is 0 Å². The first-order valence-electron chi connectivity index (χ1n) is 5.20. The van der Waals surface area contributed by atoms with E-state index >= 15 is 0 Å². The van der Waals surface area contributed by atoms with Crippen LogP contribution in [0, 0.1) is 0 Å². The number of primary amides is 1. The Morgan fingerprint density at radius 1 is 1.59 bits per heavy atom. The fourth-order valence-corrected chi connectivity index (χ4v) is 1.18. The summed E-state index contributed by atoms with van der Waals surface area (Å²) in [7, 11) is 1.62. The van der Waals surface area contributed by atoms with Gasteiger partial charge in [0.15, 0.2) is 0 Å². The summed E-state index contributed by atoms with van der Waals surface area (Å²) >= 11 is 0. The minimum Gasteiger partial charge on any atom is -0.397 e. The zero-order valence-corrected chi connectivity index (χ0v) is 10.3. The molecule has 0 radical (unpaired) electrons. The number of carbonyl (C=O) groups excluding carboxylic acids is 1. The number of carbonyl (C=O) groups is 1. The second-order valence-electron chi connectivity index (χ2n) is 4.35. The van der Waals surface area contributed by atoms with Gasteiger partial charge in [-0.2, -0.15) is 0 Å². The maximum absolute atomic E-state index is 11.2. The van der Waals surface area contributed by atoms with Crippen molar-refractivity contribution in [1.82, 2.24) is 4.98 Å². The standard InChI is InChI=1S/C11H18N4O2/c1-11(2,17-3)6-15-10-8(9(13)16)4-7(12)5-14-10/h4-5H,6,12H2,1-3H3,(H2,13,16)(H,14,15). The fourth-order valence-electron chi connectivity index (χ4n) is 1.18. The molecule has 5 N–H and O–H groups in total. The number of anilines is 2. The number of ether oxygens (including phenoxy) is 1. The van der Waals surface area contributed by atoms with E-state index in [-0.39, 0.29) is 11.2 Å². The molecular weight excluding hydrogens is 220 g/mol. The molecule has 1 rings (SSSR count). The number of aromatic nitrogens is 1. The van der Waals surface area contributed by atoms with E-state index in [1.165, 1.54) is 12.3 Å². The molecule has 0 aliphatic rings. The highest BCUT2D eigenvalue weighted by Crippen LogP contribution is 2.16. The Bertz CT molecular complexity index is 418. The Hall–Kier alpha value is -1.82. The maximum atomic E-state index is 11.2. The molecule has 94 valence electrons. The van der Waals surface area contributed by atoms with Crippen molar-refractivity contribution in [3.05, 3.63) is 17.8 Å². The second-order valence-corrected chi connectivity index (χ2v) is 4.35. The summed E-state index contributed by atoms with van der Waals surface area (Å²) in [6.45, 7) is 4.34. The Balaban J connectivity index is 2.88. The van der Waals surface area contributed by atoms with Crippen LogP contribution in [-0.2, 0) is 4.74 Å². The van der Waals surface area contributed by atoms with Gasteiger partial charge >= 0.3 is 0 Å². The van der Waals surface area contributed by atoms with Crippen LogP contribution in [-0.4, -0.2) is 30.1 Å². The SMILES string of the molecule is COC(C)(C)CNc1ncc(N)cc1C(N)=O. The van der Waals surface area contributed by atoms with Crippen molar-refractivity contribution in [2.75, 3.05) is 24.7 Å². The van der Waals surface area contributed by atoms with E-state index in [2.05, 4.69) is 10.3 Å². The normalized spacial score (nSPS) is 11.2. The largest absolute Gasteiger partial charge is 0.397 e. The monoisotopic (exact) mass is 238 g/mol. The van der Waals surface area contributed by atoms with E-state index in [1.54, 1.807) is 7.11 Å². The van der Waals surface area contributed by atoms with Gasteiger partial charge in [0.25, 0.3) is 5.91 Å². The Kier molecular flexibility index (Phi) is 3.90. The Labute approximate surface area is 100 Å². The number of hydrogen-bond acceptors (Lipinski definition) is 5. The third kappa shape index (κ3) is 3.60. The summed E-state index contributed by atoms with van der Waals surface area (Å²) in [5, 5.41) is 3.02. The van der Waals surface area contributed by atoms with Gasteiger partial charge in [-0.05, 0) is 19.9 Å². The van der Waals surface area contributed by atoms with Crippen molar-refractivity contribution in [2.24, 2.45) is 5.73 Å². The predicted molar refractivity (Wildman–Crippen MR) is 66.7 cm³/mol. The molecule has 0 atom stereocenters. The number of nitrogens with one attached hydrogen (secondary N) is 1. The molecule has 0 aliphatic carbocycles. The average Bonchev–Trinajstić information content (AvgIpc) is 2.27. The first-order chi connectivity index (χ1) is 7.85. The van der Waals surface area contributed by atoms with Crippen molar-refractivity contribution in [2.45, 2.75) is 19.4 Å². The number of rotatable bonds is 5. The van der Waals surface area contributed by atoms with Gasteiger partial charge in [0.2, 0.25) is 0 Å². The predicted octanol–water partition coefficient (Wildman–Crippen LogP) is 0.600. The first kappa shape index (κ1) is 13.2. The van der Waals surface area contributed by atoms with E-state index in [0.717, 1.165) is 0 Å². The van der Waals surface area contributed by atoms with Gasteiger partial charge in [-0.3, -0.25) is 4.79 Å². The Morgan fingerprint density at radius 2 is 2.24 bits per heavy atom. The molecule has 0 spiro atoms. The van der Waals surface area contributed by atoms with Crippen LogP contribution in [0.1, 0.15) is 24.2 Å². The van der Waals surface area contributed by atoms with Crippen LogP contribution in [0.3, 0.4) is 0 Å². The van der Waals surface area contributed by atoms with Gasteiger partial charge in [-0.1, -0.05) is 0 Å².